The fourth-order valence-corrected chi connectivity index (χ4v) is 7.53. The second-order valence-electron chi connectivity index (χ2n) is 11.2. The summed E-state index contributed by atoms with van der Waals surface area (Å²) in [6.45, 7) is 2.35. The summed E-state index contributed by atoms with van der Waals surface area (Å²) < 4.78 is 0.952. The number of benzene rings is 2. The summed E-state index contributed by atoms with van der Waals surface area (Å²) in [5.74, 6) is 1.91. The van der Waals surface area contributed by atoms with Gasteiger partial charge < -0.3 is 15.4 Å². The molecule has 3 unspecified atom stereocenters. The molecule has 0 spiro atoms. The first-order valence-corrected chi connectivity index (χ1v) is 14.1. The number of amides is 1. The van der Waals surface area contributed by atoms with Gasteiger partial charge in [0.25, 0.3) is 0 Å². The second-order valence-corrected chi connectivity index (χ2v) is 12.1. The van der Waals surface area contributed by atoms with E-state index >= 15 is 0 Å². The lowest BCUT2D eigenvalue weighted by Gasteiger charge is -2.28. The zero-order chi connectivity index (χ0) is 26.0. The molecule has 38 heavy (non-hydrogen) atoms. The smallest absolute Gasteiger partial charge is 0.224 e. The number of halogens is 1. The van der Waals surface area contributed by atoms with Crippen molar-refractivity contribution < 1.29 is 9.90 Å². The number of aromatic amines is 1. The third-order valence-electron chi connectivity index (χ3n) is 8.97. The van der Waals surface area contributed by atoms with Crippen molar-refractivity contribution in [1.82, 2.24) is 20.3 Å². The van der Waals surface area contributed by atoms with Gasteiger partial charge >= 0.3 is 0 Å². The van der Waals surface area contributed by atoms with E-state index in [2.05, 4.69) is 55.5 Å². The maximum Gasteiger partial charge on any atom is 0.224 e. The number of nitrogens with zero attached hydrogens (tertiary/aromatic N) is 2. The van der Waals surface area contributed by atoms with Crippen LogP contribution < -0.4 is 5.32 Å². The number of hydrogen-bond acceptors (Lipinski definition) is 4. The number of rotatable bonds is 5. The Morgan fingerprint density at radius 2 is 1.89 bits per heavy atom. The third kappa shape index (κ3) is 3.75. The van der Waals surface area contributed by atoms with E-state index in [9.17, 15) is 9.90 Å². The van der Waals surface area contributed by atoms with Crippen LogP contribution >= 0.6 is 15.9 Å². The van der Waals surface area contributed by atoms with E-state index in [1.54, 1.807) is 12.4 Å². The Kier molecular flexibility index (Phi) is 5.57. The third-order valence-corrected chi connectivity index (χ3v) is 9.46. The first kappa shape index (κ1) is 23.8. The standard InChI is InChI=1S/C31H29BrN4O2/c1-31(38)24-12-18(6-8-22(24)23-9-7-21(32)13-25(23)31)26-16-34-29(36-26)27-19-4-5-20(11-19)28(27)30(37)35-15-17-3-2-10-33-14-17/h2-3,6-10,12-14,16,19-20,27-28,38H,4-5,11,15H2,1H3,(H,34,36)(H,35,37)/t19?,20?,27-,28-,31?/m1/s1. The molecule has 3 aliphatic rings. The van der Waals surface area contributed by atoms with Crippen LogP contribution in [0.25, 0.3) is 22.4 Å². The number of aliphatic hydroxyl groups is 1. The summed E-state index contributed by atoms with van der Waals surface area (Å²) in [5, 5.41) is 14.6. The van der Waals surface area contributed by atoms with Crippen molar-refractivity contribution in [1.29, 1.82) is 0 Å². The van der Waals surface area contributed by atoms with Gasteiger partial charge in [-0.3, -0.25) is 9.78 Å². The van der Waals surface area contributed by atoms with Crippen molar-refractivity contribution >= 4 is 21.8 Å². The Balaban J connectivity index is 1.16. The number of pyridine rings is 1. The number of H-pyrrole nitrogens is 1. The van der Waals surface area contributed by atoms with Gasteiger partial charge in [-0.05, 0) is 95.7 Å². The minimum atomic E-state index is -1.07. The fourth-order valence-electron chi connectivity index (χ4n) is 7.17. The second kappa shape index (κ2) is 8.89. The van der Waals surface area contributed by atoms with Crippen molar-refractivity contribution in [2.45, 2.75) is 44.2 Å². The lowest BCUT2D eigenvalue weighted by molar-refractivity contribution is -0.127. The number of aromatic nitrogens is 3. The number of nitrogens with one attached hydrogen (secondary N) is 2. The molecule has 192 valence electrons. The van der Waals surface area contributed by atoms with E-state index in [0.29, 0.717) is 18.4 Å². The Hall–Kier alpha value is -3.29. The van der Waals surface area contributed by atoms with Gasteiger partial charge in [0.15, 0.2) is 0 Å². The molecule has 3 N–H and O–H groups in total. The van der Waals surface area contributed by atoms with E-state index in [-0.39, 0.29) is 17.7 Å². The van der Waals surface area contributed by atoms with E-state index in [4.69, 9.17) is 4.98 Å². The number of imidazole rings is 1. The van der Waals surface area contributed by atoms with Crippen molar-refractivity contribution in [2.75, 3.05) is 0 Å². The van der Waals surface area contributed by atoms with Gasteiger partial charge in [-0.15, -0.1) is 0 Å². The minimum Gasteiger partial charge on any atom is -0.381 e. The number of fused-ring (bicyclic) bond motifs is 5. The number of hydrogen-bond donors (Lipinski definition) is 3. The van der Waals surface area contributed by atoms with E-state index in [0.717, 1.165) is 68.6 Å². The largest absolute Gasteiger partial charge is 0.381 e. The van der Waals surface area contributed by atoms with Crippen LogP contribution in [0.2, 0.25) is 0 Å². The minimum absolute atomic E-state index is 0.0712. The topological polar surface area (TPSA) is 90.9 Å². The molecule has 0 radical (unpaired) electrons. The summed E-state index contributed by atoms with van der Waals surface area (Å²) in [5.41, 5.74) is 5.74. The first-order valence-electron chi connectivity index (χ1n) is 13.3. The van der Waals surface area contributed by atoms with Gasteiger partial charge in [-0.1, -0.05) is 40.2 Å². The van der Waals surface area contributed by atoms with E-state index in [1.807, 2.05) is 37.4 Å². The van der Waals surface area contributed by atoms with Gasteiger partial charge in [-0.2, -0.15) is 0 Å². The summed E-state index contributed by atoms with van der Waals surface area (Å²) >= 11 is 3.54. The zero-order valence-electron chi connectivity index (χ0n) is 21.1. The molecular formula is C31H29BrN4O2. The molecule has 3 aliphatic carbocycles. The van der Waals surface area contributed by atoms with Crippen LogP contribution in [0.4, 0.5) is 0 Å². The number of carbonyl (C=O) groups excluding carboxylic acids is 1. The highest BCUT2D eigenvalue weighted by atomic mass is 79.9. The summed E-state index contributed by atoms with van der Waals surface area (Å²) in [7, 11) is 0. The molecule has 2 aromatic heterocycles. The van der Waals surface area contributed by atoms with E-state index < -0.39 is 5.60 Å². The fraction of sp³-hybridized carbons (Fsp3) is 0.323. The molecule has 2 aromatic carbocycles. The van der Waals surface area contributed by atoms with Crippen LogP contribution in [-0.2, 0) is 16.9 Å². The molecule has 2 fully saturated rings. The molecule has 5 atom stereocenters. The summed E-state index contributed by atoms with van der Waals surface area (Å²) in [6.07, 6.45) is 8.75. The van der Waals surface area contributed by atoms with Crippen LogP contribution in [0.15, 0.2) is 71.6 Å². The number of carbonyl (C=O) groups is 1. The van der Waals surface area contributed by atoms with Crippen molar-refractivity contribution in [3.8, 4) is 22.4 Å². The molecule has 2 saturated carbocycles. The predicted molar refractivity (Wildman–Crippen MR) is 149 cm³/mol. The van der Waals surface area contributed by atoms with E-state index in [1.165, 1.54) is 0 Å². The van der Waals surface area contributed by atoms with Crippen LogP contribution in [0, 0.1) is 17.8 Å². The normalized spacial score (nSPS) is 26.8. The van der Waals surface area contributed by atoms with Crippen LogP contribution in [0.5, 0.6) is 0 Å². The Morgan fingerprint density at radius 3 is 2.71 bits per heavy atom. The Bertz CT molecular complexity index is 1550. The van der Waals surface area contributed by atoms with Gasteiger partial charge in [0.1, 0.15) is 11.4 Å². The lowest BCUT2D eigenvalue weighted by Crippen LogP contribution is -2.37. The highest BCUT2D eigenvalue weighted by Gasteiger charge is 2.52. The van der Waals surface area contributed by atoms with Crippen molar-refractivity contribution in [3.63, 3.8) is 0 Å². The maximum absolute atomic E-state index is 13.4. The highest BCUT2D eigenvalue weighted by molar-refractivity contribution is 9.10. The molecule has 2 bridgehead atoms. The Morgan fingerprint density at radius 1 is 1.11 bits per heavy atom. The maximum atomic E-state index is 13.4. The molecule has 2 heterocycles. The average Bonchev–Trinajstić information content (AvgIpc) is 3.71. The molecule has 4 aromatic rings. The quantitative estimate of drug-likeness (QED) is 0.279. The van der Waals surface area contributed by atoms with Gasteiger partial charge in [0, 0.05) is 29.3 Å². The Labute approximate surface area is 230 Å². The van der Waals surface area contributed by atoms with Crippen molar-refractivity contribution in [3.05, 3.63) is 94.1 Å². The average molecular weight is 570 g/mol. The summed E-state index contributed by atoms with van der Waals surface area (Å²) in [4.78, 5) is 25.9. The molecular weight excluding hydrogens is 540 g/mol. The van der Waals surface area contributed by atoms with Crippen LogP contribution in [0.3, 0.4) is 0 Å². The molecule has 7 rings (SSSR count). The molecule has 0 saturated heterocycles. The highest BCUT2D eigenvalue weighted by Crippen LogP contribution is 2.56. The SMILES string of the molecule is CC1(O)c2cc(Br)ccc2-c2ccc(-c3cnc([C@@H]4C5CCC(C5)[C@H]4C(=O)NCc4cccnc4)[nH]3)cc21. The molecule has 7 heteroatoms. The van der Waals surface area contributed by atoms with Gasteiger partial charge in [-0.25, -0.2) is 4.98 Å². The first-order chi connectivity index (χ1) is 18.4. The predicted octanol–water partition coefficient (Wildman–Crippen LogP) is 5.92. The lowest BCUT2D eigenvalue weighted by atomic mass is 9.78. The van der Waals surface area contributed by atoms with Crippen molar-refractivity contribution in [2.24, 2.45) is 17.8 Å². The van der Waals surface area contributed by atoms with Crippen LogP contribution in [-0.4, -0.2) is 26.0 Å². The molecule has 1 amide bonds. The zero-order valence-corrected chi connectivity index (χ0v) is 22.7. The van der Waals surface area contributed by atoms with Gasteiger partial charge in [0.2, 0.25) is 5.91 Å². The van der Waals surface area contributed by atoms with Gasteiger partial charge in [0.05, 0.1) is 17.8 Å². The van der Waals surface area contributed by atoms with Crippen LogP contribution in [0.1, 0.15) is 54.6 Å². The molecule has 0 aliphatic heterocycles. The molecule has 6 nitrogen and oxygen atoms in total. The summed E-state index contributed by atoms with van der Waals surface area (Å²) in [6, 6.07) is 16.2. The monoisotopic (exact) mass is 568 g/mol.